The summed E-state index contributed by atoms with van der Waals surface area (Å²) in [5, 5.41) is 6.49. The summed E-state index contributed by atoms with van der Waals surface area (Å²) in [6.45, 7) is 4.53. The van der Waals surface area contributed by atoms with Crippen LogP contribution in [-0.4, -0.2) is 58.7 Å². The topological polar surface area (TPSA) is 93.5 Å². The van der Waals surface area contributed by atoms with Gasteiger partial charge < -0.3 is 15.0 Å². The van der Waals surface area contributed by atoms with Crippen molar-refractivity contribution in [1.29, 1.82) is 0 Å². The van der Waals surface area contributed by atoms with Gasteiger partial charge in [0.2, 0.25) is 5.91 Å². The summed E-state index contributed by atoms with van der Waals surface area (Å²) < 4.78 is 46.3. The fourth-order valence-corrected chi connectivity index (χ4v) is 3.80. The third-order valence-electron chi connectivity index (χ3n) is 5.32. The molecule has 1 aliphatic rings. The number of hydrogen-bond acceptors (Lipinski definition) is 5. The van der Waals surface area contributed by atoms with Crippen molar-refractivity contribution in [3.8, 4) is 5.69 Å². The Kier molecular flexibility index (Phi) is 7.39. The van der Waals surface area contributed by atoms with E-state index in [1.165, 1.54) is 31.2 Å². The van der Waals surface area contributed by atoms with Crippen LogP contribution in [0.15, 0.2) is 30.5 Å². The number of carbonyl (C=O) groups excluding carboxylic acids is 3. The highest BCUT2D eigenvalue weighted by Gasteiger charge is 2.41. The van der Waals surface area contributed by atoms with Gasteiger partial charge in [-0.25, -0.2) is 9.48 Å². The molecule has 1 fully saturated rings. The van der Waals surface area contributed by atoms with Crippen LogP contribution in [0.2, 0.25) is 0 Å². The lowest BCUT2D eigenvalue weighted by Gasteiger charge is -2.32. The highest BCUT2D eigenvalue weighted by Crippen LogP contribution is 2.34. The van der Waals surface area contributed by atoms with E-state index in [0.29, 0.717) is 30.6 Å². The van der Waals surface area contributed by atoms with Crippen LogP contribution in [0, 0.1) is 5.92 Å². The van der Waals surface area contributed by atoms with E-state index in [2.05, 4.69) is 10.4 Å². The van der Waals surface area contributed by atoms with Crippen LogP contribution in [0.5, 0.6) is 0 Å². The van der Waals surface area contributed by atoms with E-state index in [1.807, 2.05) is 6.92 Å². The van der Waals surface area contributed by atoms with Crippen LogP contribution in [0.4, 0.5) is 13.2 Å². The lowest BCUT2D eigenvalue weighted by atomic mass is 9.96. The van der Waals surface area contributed by atoms with E-state index in [-0.39, 0.29) is 42.1 Å². The molecule has 33 heavy (non-hydrogen) atoms. The summed E-state index contributed by atoms with van der Waals surface area (Å²) in [5.74, 6) is -1.81. The first kappa shape index (κ1) is 24.3. The minimum atomic E-state index is -4.85. The molecule has 1 aromatic heterocycles. The highest BCUT2D eigenvalue weighted by atomic mass is 19.4. The molecule has 8 nitrogen and oxygen atoms in total. The number of halogens is 3. The third-order valence-corrected chi connectivity index (χ3v) is 5.32. The van der Waals surface area contributed by atoms with Gasteiger partial charge in [0.05, 0.1) is 24.4 Å². The van der Waals surface area contributed by atoms with Crippen molar-refractivity contribution in [2.75, 3.05) is 26.2 Å². The highest BCUT2D eigenvalue weighted by molar-refractivity contribution is 5.95. The van der Waals surface area contributed by atoms with Gasteiger partial charge in [-0.1, -0.05) is 0 Å². The van der Waals surface area contributed by atoms with Crippen molar-refractivity contribution in [3.63, 3.8) is 0 Å². The number of nitrogens with zero attached hydrogens (tertiary/aromatic N) is 3. The maximum Gasteiger partial charge on any atom is 0.434 e. The number of benzene rings is 1. The molecule has 2 aromatic rings. The summed E-state index contributed by atoms with van der Waals surface area (Å²) in [6.07, 6.45) is -2.66. The third kappa shape index (κ3) is 5.35. The van der Waals surface area contributed by atoms with Gasteiger partial charge in [0.25, 0.3) is 5.91 Å². The van der Waals surface area contributed by atoms with Crippen molar-refractivity contribution in [1.82, 2.24) is 20.0 Å². The number of hydrogen-bond donors (Lipinski definition) is 1. The Morgan fingerprint density at radius 3 is 2.48 bits per heavy atom. The Morgan fingerprint density at radius 2 is 1.88 bits per heavy atom. The van der Waals surface area contributed by atoms with Gasteiger partial charge in [0.15, 0.2) is 5.69 Å². The molecule has 1 N–H and O–H groups in total. The maximum absolute atomic E-state index is 13.7. The first-order chi connectivity index (χ1) is 15.7. The lowest BCUT2D eigenvalue weighted by molar-refractivity contribution is -0.143. The minimum absolute atomic E-state index is 0.0354. The predicted molar refractivity (Wildman–Crippen MR) is 112 cm³/mol. The predicted octanol–water partition coefficient (Wildman–Crippen LogP) is 3.06. The molecule has 1 atom stereocenters. The number of likely N-dealkylation sites (tertiary alicyclic amines) is 1. The van der Waals surface area contributed by atoms with Gasteiger partial charge in [-0.3, -0.25) is 9.59 Å². The number of carbonyl (C=O) groups is 3. The number of amides is 2. The molecule has 0 spiro atoms. The van der Waals surface area contributed by atoms with Crippen molar-refractivity contribution in [3.05, 3.63) is 47.3 Å². The second kappa shape index (κ2) is 10.1. The van der Waals surface area contributed by atoms with Crippen LogP contribution in [0.1, 0.15) is 53.1 Å². The van der Waals surface area contributed by atoms with Crippen LogP contribution in [0.25, 0.3) is 5.69 Å². The van der Waals surface area contributed by atoms with Gasteiger partial charge in [0, 0.05) is 25.2 Å². The summed E-state index contributed by atoms with van der Waals surface area (Å²) in [5.41, 5.74) is -1.62. The SMILES string of the molecule is CCNC(=O)C1CCCN(C(=O)c2ccc(-n3ncc(C(=O)OCC)c3C(F)(F)F)cc2)C1. The summed E-state index contributed by atoms with van der Waals surface area (Å²) in [7, 11) is 0. The average molecular weight is 466 g/mol. The van der Waals surface area contributed by atoms with Crippen molar-refractivity contribution in [2.24, 2.45) is 5.92 Å². The summed E-state index contributed by atoms with van der Waals surface area (Å²) >= 11 is 0. The Morgan fingerprint density at radius 1 is 1.18 bits per heavy atom. The Hall–Kier alpha value is -3.37. The van der Waals surface area contributed by atoms with Gasteiger partial charge >= 0.3 is 12.1 Å². The van der Waals surface area contributed by atoms with Gasteiger partial charge in [-0.15, -0.1) is 0 Å². The zero-order valence-electron chi connectivity index (χ0n) is 18.3. The van der Waals surface area contributed by atoms with Gasteiger partial charge in [-0.2, -0.15) is 18.3 Å². The molecular weight excluding hydrogens is 441 g/mol. The number of aromatic nitrogens is 2. The van der Waals surface area contributed by atoms with Gasteiger partial charge in [0.1, 0.15) is 5.56 Å². The van der Waals surface area contributed by atoms with Crippen molar-refractivity contribution < 1.29 is 32.3 Å². The molecule has 3 rings (SSSR count). The second-order valence-electron chi connectivity index (χ2n) is 7.57. The summed E-state index contributed by atoms with van der Waals surface area (Å²) in [4.78, 5) is 38.5. The molecule has 0 bridgehead atoms. The molecule has 11 heteroatoms. The zero-order valence-corrected chi connectivity index (χ0v) is 18.3. The normalized spacial score (nSPS) is 16.4. The standard InChI is InChI=1S/C22H25F3N4O4/c1-3-26-19(30)15-6-5-11-28(13-15)20(31)14-7-9-16(10-8-14)29-18(22(23,24)25)17(12-27-29)21(32)33-4-2/h7-10,12,15H,3-6,11,13H2,1-2H3,(H,26,30). The number of rotatable bonds is 6. The zero-order chi connectivity index (χ0) is 24.2. The lowest BCUT2D eigenvalue weighted by Crippen LogP contribution is -2.45. The molecule has 0 aliphatic carbocycles. The fourth-order valence-electron chi connectivity index (χ4n) is 3.80. The second-order valence-corrected chi connectivity index (χ2v) is 7.57. The van der Waals surface area contributed by atoms with E-state index in [9.17, 15) is 27.6 Å². The van der Waals surface area contributed by atoms with E-state index >= 15 is 0 Å². The quantitative estimate of drug-likeness (QED) is 0.661. The smallest absolute Gasteiger partial charge is 0.434 e. The monoisotopic (exact) mass is 466 g/mol. The Labute approximate surface area is 188 Å². The molecule has 0 radical (unpaired) electrons. The molecule has 1 aromatic carbocycles. The summed E-state index contributed by atoms with van der Waals surface area (Å²) in [6, 6.07) is 5.46. The number of nitrogens with one attached hydrogen (secondary N) is 1. The molecule has 178 valence electrons. The van der Waals surface area contributed by atoms with E-state index in [4.69, 9.17) is 4.74 Å². The van der Waals surface area contributed by atoms with Crippen LogP contribution >= 0.6 is 0 Å². The van der Waals surface area contributed by atoms with Crippen LogP contribution in [-0.2, 0) is 15.7 Å². The fraction of sp³-hybridized carbons (Fsp3) is 0.455. The maximum atomic E-state index is 13.7. The Balaban J connectivity index is 1.83. The molecule has 1 saturated heterocycles. The van der Waals surface area contributed by atoms with Crippen molar-refractivity contribution >= 4 is 17.8 Å². The molecular formula is C22H25F3N4O4. The van der Waals surface area contributed by atoms with Crippen LogP contribution in [0.3, 0.4) is 0 Å². The number of piperidine rings is 1. The number of ether oxygens (including phenoxy) is 1. The van der Waals surface area contributed by atoms with Crippen molar-refractivity contribution in [2.45, 2.75) is 32.9 Å². The Bertz CT molecular complexity index is 1020. The first-order valence-corrected chi connectivity index (χ1v) is 10.7. The average Bonchev–Trinajstić information content (AvgIpc) is 3.25. The molecule has 0 saturated carbocycles. The molecule has 1 aliphatic heterocycles. The van der Waals surface area contributed by atoms with E-state index in [1.54, 1.807) is 4.90 Å². The molecule has 2 heterocycles. The largest absolute Gasteiger partial charge is 0.462 e. The van der Waals surface area contributed by atoms with Gasteiger partial charge in [-0.05, 0) is 51.0 Å². The van der Waals surface area contributed by atoms with E-state index in [0.717, 1.165) is 6.20 Å². The van der Waals surface area contributed by atoms with Crippen LogP contribution < -0.4 is 5.32 Å². The van der Waals surface area contributed by atoms with E-state index < -0.39 is 23.4 Å². The molecule has 2 amide bonds. The number of alkyl halides is 3. The first-order valence-electron chi connectivity index (χ1n) is 10.7. The number of esters is 1. The molecule has 1 unspecified atom stereocenters. The minimum Gasteiger partial charge on any atom is -0.462 e.